The Bertz CT molecular complexity index is 512. The summed E-state index contributed by atoms with van der Waals surface area (Å²) in [5, 5.41) is 16.6. The van der Waals surface area contributed by atoms with Gasteiger partial charge in [0.15, 0.2) is 0 Å². The molecule has 7 heteroatoms. The summed E-state index contributed by atoms with van der Waals surface area (Å²) >= 11 is 0. The number of nitro groups is 1. The highest BCUT2D eigenvalue weighted by molar-refractivity contribution is 5.95. The summed E-state index contributed by atoms with van der Waals surface area (Å²) < 4.78 is 5.22. The minimum Gasteiger partial charge on any atom is -0.383 e. The largest absolute Gasteiger partial charge is 0.383 e. The van der Waals surface area contributed by atoms with E-state index >= 15 is 0 Å². The Morgan fingerprint density at radius 1 is 1.40 bits per heavy atom. The normalized spacial score (nSPS) is 15.7. The first-order valence-electron chi connectivity index (χ1n) is 6.46. The average molecular weight is 279 g/mol. The fourth-order valence-electron chi connectivity index (χ4n) is 2.15. The van der Waals surface area contributed by atoms with Crippen LogP contribution < -0.4 is 10.6 Å². The maximum absolute atomic E-state index is 12.1. The Hall–Kier alpha value is -2.15. The quantitative estimate of drug-likeness (QED) is 0.644. The van der Waals surface area contributed by atoms with Crippen LogP contribution in [0.1, 0.15) is 23.2 Å². The zero-order chi connectivity index (χ0) is 14.5. The fraction of sp³-hybridized carbons (Fsp3) is 0.462. The molecule has 0 aliphatic carbocycles. The summed E-state index contributed by atoms with van der Waals surface area (Å²) in [5.41, 5.74) is 0.576. The van der Waals surface area contributed by atoms with Crippen LogP contribution in [0.3, 0.4) is 0 Å². The molecule has 0 atom stereocenters. The number of benzene rings is 1. The number of hydrogen-bond donors (Lipinski definition) is 2. The summed E-state index contributed by atoms with van der Waals surface area (Å²) in [7, 11) is 1.60. The third kappa shape index (κ3) is 3.24. The van der Waals surface area contributed by atoms with E-state index in [-0.39, 0.29) is 17.6 Å². The van der Waals surface area contributed by atoms with Gasteiger partial charge in [-0.25, -0.2) is 0 Å². The molecule has 0 spiro atoms. The number of nitrogens with one attached hydrogen (secondary N) is 2. The van der Waals surface area contributed by atoms with Crippen molar-refractivity contribution in [2.75, 3.05) is 25.6 Å². The molecule has 0 radical (unpaired) electrons. The van der Waals surface area contributed by atoms with Crippen LogP contribution in [0, 0.1) is 10.1 Å². The van der Waals surface area contributed by atoms with Crippen LogP contribution in [-0.4, -0.2) is 37.1 Å². The Labute approximate surface area is 116 Å². The number of carbonyl (C=O) groups excluding carboxylic acids is 1. The first-order chi connectivity index (χ1) is 9.61. The third-order valence-electron chi connectivity index (χ3n) is 3.28. The van der Waals surface area contributed by atoms with Crippen molar-refractivity contribution in [3.05, 3.63) is 33.9 Å². The molecule has 1 saturated heterocycles. The predicted molar refractivity (Wildman–Crippen MR) is 74.0 cm³/mol. The third-order valence-corrected chi connectivity index (χ3v) is 3.28. The first-order valence-corrected chi connectivity index (χ1v) is 6.46. The van der Waals surface area contributed by atoms with E-state index in [0.717, 1.165) is 12.8 Å². The molecule has 1 fully saturated rings. The number of ether oxygens (including phenoxy) is 1. The van der Waals surface area contributed by atoms with Crippen LogP contribution in [0.15, 0.2) is 18.2 Å². The van der Waals surface area contributed by atoms with Crippen LogP contribution in [0.25, 0.3) is 0 Å². The van der Waals surface area contributed by atoms with Gasteiger partial charge in [0.05, 0.1) is 4.92 Å². The van der Waals surface area contributed by atoms with Crippen LogP contribution in [0.2, 0.25) is 0 Å². The lowest BCUT2D eigenvalue weighted by molar-refractivity contribution is -0.384. The van der Waals surface area contributed by atoms with Crippen LogP contribution in [0.4, 0.5) is 11.4 Å². The molecule has 20 heavy (non-hydrogen) atoms. The smallest absolute Gasteiger partial charge is 0.293 e. The lowest BCUT2D eigenvalue weighted by Crippen LogP contribution is -2.38. The van der Waals surface area contributed by atoms with Gasteiger partial charge in [0.2, 0.25) is 0 Å². The Morgan fingerprint density at radius 2 is 2.10 bits per heavy atom. The Balaban J connectivity index is 2.13. The number of nitrogens with zero attached hydrogens (tertiary/aromatic N) is 1. The molecule has 2 rings (SSSR count). The summed E-state index contributed by atoms with van der Waals surface area (Å²) in [6.07, 6.45) is 1.53. The molecule has 0 saturated carbocycles. The van der Waals surface area contributed by atoms with Gasteiger partial charge in [-0.1, -0.05) is 0 Å². The molecule has 1 aromatic carbocycles. The van der Waals surface area contributed by atoms with Crippen LogP contribution in [0.5, 0.6) is 0 Å². The SMILES string of the molecule is CNc1ccc(C(=O)NC2CCOCC2)cc1[N+](=O)[O-]. The molecule has 0 aromatic heterocycles. The van der Waals surface area contributed by atoms with Gasteiger partial charge >= 0.3 is 0 Å². The molecular weight excluding hydrogens is 262 g/mol. The summed E-state index contributed by atoms with van der Waals surface area (Å²) in [6, 6.07) is 4.48. The maximum Gasteiger partial charge on any atom is 0.293 e. The second-order valence-corrected chi connectivity index (χ2v) is 4.60. The van der Waals surface area contributed by atoms with Crippen molar-refractivity contribution in [1.29, 1.82) is 0 Å². The van der Waals surface area contributed by atoms with Crippen molar-refractivity contribution < 1.29 is 14.5 Å². The number of rotatable bonds is 4. The van der Waals surface area contributed by atoms with Crippen molar-refractivity contribution in [2.45, 2.75) is 18.9 Å². The van der Waals surface area contributed by atoms with Gasteiger partial charge in [-0.15, -0.1) is 0 Å². The van der Waals surface area contributed by atoms with Gasteiger partial charge in [-0.05, 0) is 25.0 Å². The minimum absolute atomic E-state index is 0.0688. The highest BCUT2D eigenvalue weighted by atomic mass is 16.6. The number of hydrogen-bond acceptors (Lipinski definition) is 5. The molecule has 0 bridgehead atoms. The molecule has 2 N–H and O–H groups in total. The van der Waals surface area contributed by atoms with E-state index in [0.29, 0.717) is 24.5 Å². The zero-order valence-electron chi connectivity index (χ0n) is 11.2. The molecule has 1 aliphatic heterocycles. The average Bonchev–Trinajstić information content (AvgIpc) is 2.47. The van der Waals surface area contributed by atoms with Gasteiger partial charge < -0.3 is 15.4 Å². The molecule has 1 amide bonds. The minimum atomic E-state index is -0.503. The van der Waals surface area contributed by atoms with E-state index in [9.17, 15) is 14.9 Å². The lowest BCUT2D eigenvalue weighted by atomic mass is 10.1. The monoisotopic (exact) mass is 279 g/mol. The van der Waals surface area contributed by atoms with Crippen LogP contribution in [-0.2, 0) is 4.74 Å². The maximum atomic E-state index is 12.1. The van der Waals surface area contributed by atoms with Crippen molar-refractivity contribution in [1.82, 2.24) is 5.32 Å². The molecule has 0 unspecified atom stereocenters. The topological polar surface area (TPSA) is 93.5 Å². The van der Waals surface area contributed by atoms with Crippen molar-refractivity contribution in [3.8, 4) is 0 Å². The first kappa shape index (κ1) is 14.3. The molecule has 108 valence electrons. The highest BCUT2D eigenvalue weighted by Crippen LogP contribution is 2.25. The molecule has 1 aliphatic rings. The van der Waals surface area contributed by atoms with E-state index in [4.69, 9.17) is 4.74 Å². The summed E-state index contributed by atoms with van der Waals surface area (Å²) in [5.74, 6) is -0.289. The lowest BCUT2D eigenvalue weighted by Gasteiger charge is -2.23. The zero-order valence-corrected chi connectivity index (χ0v) is 11.2. The van der Waals surface area contributed by atoms with Crippen molar-refractivity contribution in [3.63, 3.8) is 0 Å². The van der Waals surface area contributed by atoms with E-state index in [1.807, 2.05) is 0 Å². The van der Waals surface area contributed by atoms with Gasteiger partial charge in [0.25, 0.3) is 11.6 Å². The number of amides is 1. The Kier molecular flexibility index (Phi) is 4.52. The van der Waals surface area contributed by atoms with E-state index in [2.05, 4.69) is 10.6 Å². The second kappa shape index (κ2) is 6.33. The Morgan fingerprint density at radius 3 is 2.70 bits per heavy atom. The summed E-state index contributed by atoms with van der Waals surface area (Å²) in [6.45, 7) is 1.26. The van der Waals surface area contributed by atoms with Gasteiger partial charge in [-0.3, -0.25) is 14.9 Å². The molecule has 1 aromatic rings. The fourth-order valence-corrected chi connectivity index (χ4v) is 2.15. The predicted octanol–water partition coefficient (Wildman–Crippen LogP) is 1.55. The van der Waals surface area contributed by atoms with Gasteiger partial charge in [-0.2, -0.15) is 0 Å². The second-order valence-electron chi connectivity index (χ2n) is 4.60. The van der Waals surface area contributed by atoms with Crippen molar-refractivity contribution in [2.24, 2.45) is 0 Å². The highest BCUT2D eigenvalue weighted by Gasteiger charge is 2.20. The van der Waals surface area contributed by atoms with Gasteiger partial charge in [0, 0.05) is 37.9 Å². The summed E-state index contributed by atoms with van der Waals surface area (Å²) in [4.78, 5) is 22.6. The molecule has 1 heterocycles. The van der Waals surface area contributed by atoms with E-state index < -0.39 is 4.92 Å². The van der Waals surface area contributed by atoms with Gasteiger partial charge in [0.1, 0.15) is 5.69 Å². The van der Waals surface area contributed by atoms with E-state index in [1.165, 1.54) is 12.1 Å². The van der Waals surface area contributed by atoms with Crippen molar-refractivity contribution >= 4 is 17.3 Å². The standard InChI is InChI=1S/C13H17N3O4/c1-14-11-3-2-9(8-12(11)16(18)19)13(17)15-10-4-6-20-7-5-10/h2-3,8,10,14H,4-7H2,1H3,(H,15,17). The number of nitro benzene ring substituents is 1. The number of anilines is 1. The molecule has 7 nitrogen and oxygen atoms in total. The van der Waals surface area contributed by atoms with E-state index in [1.54, 1.807) is 13.1 Å². The molecular formula is C13H17N3O4. The number of carbonyl (C=O) groups is 1. The van der Waals surface area contributed by atoms with Crippen LogP contribution >= 0.6 is 0 Å².